The van der Waals surface area contributed by atoms with Crippen molar-refractivity contribution in [1.82, 2.24) is 9.88 Å². The molecule has 104 valence electrons. The van der Waals surface area contributed by atoms with E-state index in [0.717, 1.165) is 0 Å². The van der Waals surface area contributed by atoms with Crippen LogP contribution in [0.25, 0.3) is 0 Å². The summed E-state index contributed by atoms with van der Waals surface area (Å²) < 4.78 is 1.38. The molecule has 1 aromatic rings. The molecule has 1 heterocycles. The van der Waals surface area contributed by atoms with E-state index in [0.29, 0.717) is 12.0 Å². The second kappa shape index (κ2) is 6.72. The molecule has 1 aromatic heterocycles. The van der Waals surface area contributed by atoms with Crippen molar-refractivity contribution in [2.24, 2.45) is 0 Å². The fraction of sp³-hybridized carbons (Fsp3) is 0.462. The summed E-state index contributed by atoms with van der Waals surface area (Å²) in [4.78, 5) is 34.3. The normalized spacial score (nSPS) is 11.9. The second-order valence-electron chi connectivity index (χ2n) is 4.26. The number of nitrogens with zero attached hydrogens (tertiary/aromatic N) is 1. The second-order valence-corrected chi connectivity index (χ2v) is 4.26. The SMILES string of the molecule is CCC(C(=O)NCCC(=O)O)n1cccc(C)c1=O. The summed E-state index contributed by atoms with van der Waals surface area (Å²) in [6, 6.07) is 2.79. The summed E-state index contributed by atoms with van der Waals surface area (Å²) >= 11 is 0. The van der Waals surface area contributed by atoms with E-state index in [2.05, 4.69) is 5.32 Å². The predicted molar refractivity (Wildman–Crippen MR) is 70.0 cm³/mol. The van der Waals surface area contributed by atoms with Gasteiger partial charge in [0.05, 0.1) is 6.42 Å². The van der Waals surface area contributed by atoms with Crippen molar-refractivity contribution in [2.45, 2.75) is 32.7 Å². The Hall–Kier alpha value is -2.11. The summed E-state index contributed by atoms with van der Waals surface area (Å²) in [6.07, 6.45) is 1.90. The van der Waals surface area contributed by atoms with Crippen molar-refractivity contribution < 1.29 is 14.7 Å². The minimum Gasteiger partial charge on any atom is -0.481 e. The molecule has 0 aliphatic carbocycles. The van der Waals surface area contributed by atoms with E-state index in [4.69, 9.17) is 5.11 Å². The summed E-state index contributed by atoms with van der Waals surface area (Å²) in [5.74, 6) is -1.31. The van der Waals surface area contributed by atoms with Gasteiger partial charge in [0.25, 0.3) is 5.56 Å². The minimum atomic E-state index is -0.971. The predicted octanol–water partition coefficient (Wildman–Crippen LogP) is 0.699. The molecule has 0 aliphatic rings. The van der Waals surface area contributed by atoms with E-state index in [1.54, 1.807) is 32.2 Å². The molecule has 0 radical (unpaired) electrons. The lowest BCUT2D eigenvalue weighted by atomic mass is 10.2. The maximum atomic E-state index is 12.0. The molecule has 0 saturated carbocycles. The highest BCUT2D eigenvalue weighted by Gasteiger charge is 2.19. The molecule has 0 aromatic carbocycles. The Balaban J connectivity index is 2.82. The Kier molecular flexibility index (Phi) is 5.29. The lowest BCUT2D eigenvalue weighted by Crippen LogP contribution is -2.38. The molecule has 0 aliphatic heterocycles. The van der Waals surface area contributed by atoms with Crippen molar-refractivity contribution >= 4 is 11.9 Å². The van der Waals surface area contributed by atoms with Crippen LogP contribution in [-0.2, 0) is 9.59 Å². The maximum absolute atomic E-state index is 12.0. The number of nitrogens with one attached hydrogen (secondary N) is 1. The standard InChI is InChI=1S/C13H18N2O4/c1-3-10(12(18)14-7-6-11(16)17)15-8-4-5-9(2)13(15)19/h4-5,8,10H,3,6-7H2,1-2H3,(H,14,18)(H,16,17). The van der Waals surface area contributed by atoms with Crippen molar-refractivity contribution in [3.05, 3.63) is 34.2 Å². The van der Waals surface area contributed by atoms with Gasteiger partial charge in [-0.1, -0.05) is 13.0 Å². The summed E-state index contributed by atoms with van der Waals surface area (Å²) in [5, 5.41) is 11.0. The highest BCUT2D eigenvalue weighted by atomic mass is 16.4. The van der Waals surface area contributed by atoms with Crippen LogP contribution in [0.1, 0.15) is 31.4 Å². The zero-order valence-electron chi connectivity index (χ0n) is 11.0. The number of pyridine rings is 1. The maximum Gasteiger partial charge on any atom is 0.305 e. The lowest BCUT2D eigenvalue weighted by molar-refractivity contribution is -0.137. The van der Waals surface area contributed by atoms with E-state index in [9.17, 15) is 14.4 Å². The van der Waals surface area contributed by atoms with Crippen LogP contribution in [0.3, 0.4) is 0 Å². The summed E-state index contributed by atoms with van der Waals surface area (Å²) in [7, 11) is 0. The average Bonchev–Trinajstić information content (AvgIpc) is 2.35. The molecule has 6 nitrogen and oxygen atoms in total. The van der Waals surface area contributed by atoms with E-state index in [-0.39, 0.29) is 24.4 Å². The van der Waals surface area contributed by atoms with Crippen LogP contribution in [0.5, 0.6) is 0 Å². The molecule has 0 bridgehead atoms. The minimum absolute atomic E-state index is 0.0607. The van der Waals surface area contributed by atoms with Gasteiger partial charge in [0.2, 0.25) is 5.91 Å². The van der Waals surface area contributed by atoms with E-state index in [1.165, 1.54) is 4.57 Å². The highest BCUT2D eigenvalue weighted by Crippen LogP contribution is 2.09. The first kappa shape index (κ1) is 14.9. The van der Waals surface area contributed by atoms with Crippen LogP contribution < -0.4 is 10.9 Å². The number of hydrogen-bond donors (Lipinski definition) is 2. The third-order valence-electron chi connectivity index (χ3n) is 2.83. The zero-order valence-corrected chi connectivity index (χ0v) is 11.0. The molecule has 1 atom stereocenters. The number of carbonyl (C=O) groups is 2. The van der Waals surface area contributed by atoms with Crippen LogP contribution in [0.2, 0.25) is 0 Å². The van der Waals surface area contributed by atoms with E-state index in [1.807, 2.05) is 0 Å². The number of rotatable bonds is 6. The number of aromatic nitrogens is 1. The monoisotopic (exact) mass is 266 g/mol. The Morgan fingerprint density at radius 2 is 2.16 bits per heavy atom. The molecule has 19 heavy (non-hydrogen) atoms. The number of aryl methyl sites for hydroxylation is 1. The zero-order chi connectivity index (χ0) is 14.4. The lowest BCUT2D eigenvalue weighted by Gasteiger charge is -2.18. The molecule has 0 saturated heterocycles. The van der Waals surface area contributed by atoms with Gasteiger partial charge in [0, 0.05) is 18.3 Å². The van der Waals surface area contributed by atoms with Crippen LogP contribution in [-0.4, -0.2) is 28.1 Å². The quantitative estimate of drug-likeness (QED) is 0.793. The number of hydrogen-bond acceptors (Lipinski definition) is 3. The van der Waals surface area contributed by atoms with Crippen molar-refractivity contribution in [2.75, 3.05) is 6.54 Å². The molecule has 1 amide bonds. The van der Waals surface area contributed by atoms with Gasteiger partial charge in [-0.25, -0.2) is 0 Å². The summed E-state index contributed by atoms with van der Waals surface area (Å²) in [5.41, 5.74) is 0.363. The van der Waals surface area contributed by atoms with E-state index >= 15 is 0 Å². The number of aliphatic carboxylic acids is 1. The van der Waals surface area contributed by atoms with Gasteiger partial charge in [-0.2, -0.15) is 0 Å². The fourth-order valence-corrected chi connectivity index (χ4v) is 1.79. The first-order valence-corrected chi connectivity index (χ1v) is 6.14. The number of amides is 1. The molecule has 6 heteroatoms. The van der Waals surface area contributed by atoms with Gasteiger partial charge >= 0.3 is 5.97 Å². The van der Waals surface area contributed by atoms with Crippen molar-refractivity contribution in [3.63, 3.8) is 0 Å². The van der Waals surface area contributed by atoms with Crippen molar-refractivity contribution in [3.8, 4) is 0 Å². The molecule has 1 rings (SSSR count). The van der Waals surface area contributed by atoms with Crippen LogP contribution in [0.4, 0.5) is 0 Å². The third kappa shape index (κ3) is 3.94. The van der Waals surface area contributed by atoms with Gasteiger partial charge in [-0.15, -0.1) is 0 Å². The Bertz CT molecular complexity index is 522. The first-order valence-electron chi connectivity index (χ1n) is 6.14. The van der Waals surface area contributed by atoms with Crippen LogP contribution in [0, 0.1) is 6.92 Å². The van der Waals surface area contributed by atoms with Gasteiger partial charge in [-0.05, 0) is 19.4 Å². The molecular formula is C13H18N2O4. The average molecular weight is 266 g/mol. The van der Waals surface area contributed by atoms with Crippen LogP contribution >= 0.6 is 0 Å². The Labute approximate surface area is 111 Å². The molecule has 0 fully saturated rings. The molecular weight excluding hydrogens is 248 g/mol. The fourth-order valence-electron chi connectivity index (χ4n) is 1.79. The molecule has 1 unspecified atom stereocenters. The van der Waals surface area contributed by atoms with E-state index < -0.39 is 12.0 Å². The largest absolute Gasteiger partial charge is 0.481 e. The van der Waals surface area contributed by atoms with Crippen molar-refractivity contribution in [1.29, 1.82) is 0 Å². The smallest absolute Gasteiger partial charge is 0.305 e. The highest BCUT2D eigenvalue weighted by molar-refractivity contribution is 5.80. The molecule has 0 spiro atoms. The summed E-state index contributed by atoms with van der Waals surface area (Å²) in [6.45, 7) is 3.55. The number of carboxylic acid groups (broad SMARTS) is 1. The van der Waals surface area contributed by atoms with Gasteiger partial charge in [0.1, 0.15) is 6.04 Å². The van der Waals surface area contributed by atoms with Crippen LogP contribution in [0.15, 0.2) is 23.1 Å². The number of carboxylic acids is 1. The van der Waals surface area contributed by atoms with Gasteiger partial charge < -0.3 is 15.0 Å². The third-order valence-corrected chi connectivity index (χ3v) is 2.83. The Morgan fingerprint density at radius 3 is 2.74 bits per heavy atom. The molecule has 2 N–H and O–H groups in total. The first-order chi connectivity index (χ1) is 8.97. The number of carbonyl (C=O) groups excluding carboxylic acids is 1. The van der Waals surface area contributed by atoms with Gasteiger partial charge in [-0.3, -0.25) is 14.4 Å². The van der Waals surface area contributed by atoms with Gasteiger partial charge in [0.15, 0.2) is 0 Å². The topological polar surface area (TPSA) is 88.4 Å². The Morgan fingerprint density at radius 1 is 1.47 bits per heavy atom.